The largest absolute Gasteiger partial charge is 0.322 e. The maximum Gasteiger partial charge on any atom is 0.296 e. The molecule has 0 radical (unpaired) electrons. The normalized spacial score (nSPS) is 11.3. The van der Waals surface area contributed by atoms with Crippen molar-refractivity contribution in [2.45, 2.75) is 18.7 Å². The Bertz CT molecular complexity index is 1590. The average molecular weight is 495 g/mol. The second kappa shape index (κ2) is 9.22. The molecule has 0 aliphatic heterocycles. The minimum Gasteiger partial charge on any atom is -0.322 e. The van der Waals surface area contributed by atoms with Crippen LogP contribution in [0.2, 0.25) is 0 Å². The number of aryl methyl sites for hydroxylation is 1. The third-order valence-electron chi connectivity index (χ3n) is 5.64. The van der Waals surface area contributed by atoms with E-state index in [1.54, 1.807) is 49.8 Å². The lowest BCUT2D eigenvalue weighted by molar-refractivity contribution is 0.102. The Balaban J connectivity index is 1.68. The van der Waals surface area contributed by atoms with Crippen LogP contribution >= 0.6 is 0 Å². The van der Waals surface area contributed by atoms with E-state index in [4.69, 9.17) is 0 Å². The van der Waals surface area contributed by atoms with Crippen molar-refractivity contribution in [3.8, 4) is 5.69 Å². The van der Waals surface area contributed by atoms with Gasteiger partial charge in [-0.15, -0.1) is 0 Å². The summed E-state index contributed by atoms with van der Waals surface area (Å²) in [5.41, 5.74) is 1.24. The zero-order valence-electron chi connectivity index (χ0n) is 19.2. The molecular formula is C25H23FN4O4S. The van der Waals surface area contributed by atoms with Gasteiger partial charge in [-0.05, 0) is 61.9 Å². The van der Waals surface area contributed by atoms with Gasteiger partial charge >= 0.3 is 0 Å². The quantitative estimate of drug-likeness (QED) is 0.423. The fourth-order valence-corrected chi connectivity index (χ4v) is 4.80. The molecule has 180 valence electrons. The van der Waals surface area contributed by atoms with Gasteiger partial charge in [-0.3, -0.25) is 19.0 Å². The number of para-hydroxylation sites is 1. The molecule has 0 bridgehead atoms. The molecule has 0 spiro atoms. The van der Waals surface area contributed by atoms with Crippen molar-refractivity contribution in [2.75, 3.05) is 10.0 Å². The molecule has 0 atom stereocenters. The first-order chi connectivity index (χ1) is 16.6. The van der Waals surface area contributed by atoms with Gasteiger partial charge in [-0.2, -0.15) is 0 Å². The predicted octanol–water partition coefficient (Wildman–Crippen LogP) is 3.99. The van der Waals surface area contributed by atoms with Gasteiger partial charge in [0.15, 0.2) is 0 Å². The van der Waals surface area contributed by atoms with E-state index < -0.39 is 27.3 Å². The molecule has 35 heavy (non-hydrogen) atoms. The molecule has 1 amide bonds. The van der Waals surface area contributed by atoms with E-state index in [0.29, 0.717) is 16.9 Å². The molecule has 4 aromatic rings. The molecule has 10 heteroatoms. The fourth-order valence-electron chi connectivity index (χ4n) is 3.66. The van der Waals surface area contributed by atoms with E-state index >= 15 is 0 Å². The third kappa shape index (κ3) is 4.73. The summed E-state index contributed by atoms with van der Waals surface area (Å²) < 4.78 is 45.2. The maximum absolute atomic E-state index is 13.5. The van der Waals surface area contributed by atoms with Crippen LogP contribution in [0.4, 0.5) is 15.8 Å². The van der Waals surface area contributed by atoms with Crippen LogP contribution in [0, 0.1) is 19.7 Å². The van der Waals surface area contributed by atoms with E-state index in [0.717, 1.165) is 6.07 Å². The molecular weight excluding hydrogens is 471 g/mol. The lowest BCUT2D eigenvalue weighted by Crippen LogP contribution is -2.23. The number of carbonyl (C=O) groups is 1. The van der Waals surface area contributed by atoms with E-state index in [1.165, 1.54) is 41.1 Å². The summed E-state index contributed by atoms with van der Waals surface area (Å²) in [5, 5.41) is 2.56. The van der Waals surface area contributed by atoms with Crippen LogP contribution in [0.3, 0.4) is 0 Å². The number of amides is 1. The van der Waals surface area contributed by atoms with Gasteiger partial charge in [-0.25, -0.2) is 17.5 Å². The fraction of sp³-hybridized carbons (Fsp3) is 0.120. The average Bonchev–Trinajstić information content (AvgIpc) is 3.02. The first-order valence-corrected chi connectivity index (χ1v) is 12.1. The zero-order chi connectivity index (χ0) is 25.3. The highest BCUT2D eigenvalue weighted by molar-refractivity contribution is 7.92. The Morgan fingerprint density at radius 3 is 2.34 bits per heavy atom. The van der Waals surface area contributed by atoms with Crippen molar-refractivity contribution in [3.05, 3.63) is 106 Å². The Morgan fingerprint density at radius 2 is 1.66 bits per heavy atom. The summed E-state index contributed by atoms with van der Waals surface area (Å²) in [6, 6.07) is 18.3. The number of nitrogens with zero attached hydrogens (tertiary/aromatic N) is 2. The topological polar surface area (TPSA) is 102 Å². The highest BCUT2D eigenvalue weighted by Gasteiger charge is 2.24. The van der Waals surface area contributed by atoms with E-state index in [2.05, 4.69) is 10.0 Å². The SMILES string of the molecule is Cc1ccc(S(=O)(=O)Nc2c(C)n(C)n(-c3ccccc3)c2=O)cc1C(=O)Nc1cccc(F)c1. The van der Waals surface area contributed by atoms with Crippen LogP contribution in [0.25, 0.3) is 5.69 Å². The number of sulfonamides is 1. The number of benzene rings is 3. The first kappa shape index (κ1) is 24.0. The second-order valence-electron chi connectivity index (χ2n) is 7.98. The summed E-state index contributed by atoms with van der Waals surface area (Å²) in [6.07, 6.45) is 0. The summed E-state index contributed by atoms with van der Waals surface area (Å²) in [4.78, 5) is 25.7. The molecule has 1 heterocycles. The number of carbonyl (C=O) groups excluding carboxylic acids is 1. The van der Waals surface area contributed by atoms with Gasteiger partial charge in [-0.1, -0.05) is 30.3 Å². The van der Waals surface area contributed by atoms with Crippen LogP contribution in [0.5, 0.6) is 0 Å². The highest BCUT2D eigenvalue weighted by atomic mass is 32.2. The molecule has 1 aromatic heterocycles. The molecule has 0 aliphatic rings. The van der Waals surface area contributed by atoms with E-state index in [9.17, 15) is 22.4 Å². The monoisotopic (exact) mass is 494 g/mol. The van der Waals surface area contributed by atoms with Gasteiger partial charge < -0.3 is 5.32 Å². The van der Waals surface area contributed by atoms with Crippen molar-refractivity contribution >= 4 is 27.3 Å². The number of halogens is 1. The lowest BCUT2D eigenvalue weighted by Gasteiger charge is -2.11. The van der Waals surface area contributed by atoms with Gasteiger partial charge in [0.25, 0.3) is 21.5 Å². The number of hydrogen-bond acceptors (Lipinski definition) is 4. The Hall–Kier alpha value is -4.18. The smallest absolute Gasteiger partial charge is 0.296 e. The molecule has 8 nitrogen and oxygen atoms in total. The minimum atomic E-state index is -4.21. The predicted molar refractivity (Wildman–Crippen MR) is 132 cm³/mol. The van der Waals surface area contributed by atoms with Crippen LogP contribution < -0.4 is 15.6 Å². The van der Waals surface area contributed by atoms with E-state index in [-0.39, 0.29) is 21.8 Å². The number of nitrogens with one attached hydrogen (secondary N) is 2. The molecule has 0 saturated heterocycles. The molecule has 4 rings (SSSR count). The van der Waals surface area contributed by atoms with Crippen molar-refractivity contribution < 1.29 is 17.6 Å². The van der Waals surface area contributed by atoms with Crippen LogP contribution in [0.1, 0.15) is 21.6 Å². The summed E-state index contributed by atoms with van der Waals surface area (Å²) in [6.45, 7) is 3.29. The number of anilines is 2. The standard InChI is InChI=1S/C25H23FN4O4S/c1-16-12-13-21(15-22(16)24(31)27-19-9-7-8-18(26)14-19)35(33,34)28-23-17(2)29(3)30(25(23)32)20-10-5-4-6-11-20/h4-15,28H,1-3H3,(H,27,31). The number of rotatable bonds is 6. The Labute approximate surface area is 201 Å². The van der Waals surface area contributed by atoms with Gasteiger partial charge in [0.2, 0.25) is 0 Å². The van der Waals surface area contributed by atoms with Crippen LogP contribution in [0.15, 0.2) is 82.5 Å². The molecule has 0 unspecified atom stereocenters. The van der Waals surface area contributed by atoms with Gasteiger partial charge in [0.1, 0.15) is 11.5 Å². The number of hydrogen-bond donors (Lipinski definition) is 2. The minimum absolute atomic E-state index is 0.0947. The van der Waals surface area contributed by atoms with Gasteiger partial charge in [0, 0.05) is 18.3 Å². The molecule has 0 aliphatic carbocycles. The van der Waals surface area contributed by atoms with Crippen molar-refractivity contribution in [1.29, 1.82) is 0 Å². The van der Waals surface area contributed by atoms with Crippen LogP contribution in [-0.2, 0) is 17.1 Å². The van der Waals surface area contributed by atoms with Crippen LogP contribution in [-0.4, -0.2) is 23.7 Å². The highest BCUT2D eigenvalue weighted by Crippen LogP contribution is 2.22. The molecule has 3 aromatic carbocycles. The molecule has 2 N–H and O–H groups in total. The van der Waals surface area contributed by atoms with Crippen molar-refractivity contribution in [2.24, 2.45) is 7.05 Å². The Morgan fingerprint density at radius 1 is 0.943 bits per heavy atom. The maximum atomic E-state index is 13.5. The van der Waals surface area contributed by atoms with Crippen molar-refractivity contribution in [1.82, 2.24) is 9.36 Å². The lowest BCUT2D eigenvalue weighted by atomic mass is 10.1. The summed E-state index contributed by atoms with van der Waals surface area (Å²) in [7, 11) is -2.56. The second-order valence-corrected chi connectivity index (χ2v) is 9.67. The van der Waals surface area contributed by atoms with Gasteiger partial charge in [0.05, 0.1) is 16.3 Å². The molecule has 0 fully saturated rings. The van der Waals surface area contributed by atoms with Crippen molar-refractivity contribution in [3.63, 3.8) is 0 Å². The Kier molecular flexibility index (Phi) is 6.31. The number of aromatic nitrogens is 2. The summed E-state index contributed by atoms with van der Waals surface area (Å²) in [5.74, 6) is -1.10. The zero-order valence-corrected chi connectivity index (χ0v) is 20.1. The van der Waals surface area contributed by atoms with E-state index in [1.807, 2.05) is 6.07 Å². The summed E-state index contributed by atoms with van der Waals surface area (Å²) >= 11 is 0. The molecule has 0 saturated carbocycles. The third-order valence-corrected chi connectivity index (χ3v) is 6.98. The first-order valence-electron chi connectivity index (χ1n) is 10.6.